The van der Waals surface area contributed by atoms with Crippen LogP contribution < -0.4 is 5.32 Å². The number of hydrogen-bond donors (Lipinski definition) is 1. The Morgan fingerprint density at radius 1 is 1.37 bits per heavy atom. The van der Waals surface area contributed by atoms with Crippen molar-refractivity contribution in [3.05, 3.63) is 46.4 Å². The number of hydrogen-bond acceptors (Lipinski definition) is 2. The van der Waals surface area contributed by atoms with E-state index in [-0.39, 0.29) is 11.4 Å². The molecular formula is C14H17BrFN3. The first-order chi connectivity index (χ1) is 8.86. The maximum absolute atomic E-state index is 13.1. The minimum absolute atomic E-state index is 0.0167. The first kappa shape index (κ1) is 14.1. The minimum atomic E-state index is -0.258. The highest BCUT2D eigenvalue weighted by molar-refractivity contribution is 9.10. The van der Waals surface area contributed by atoms with E-state index in [1.807, 2.05) is 17.1 Å². The Morgan fingerprint density at radius 3 is 2.68 bits per heavy atom. The fourth-order valence-corrected chi connectivity index (χ4v) is 2.01. The van der Waals surface area contributed by atoms with E-state index in [0.717, 1.165) is 11.3 Å². The number of benzene rings is 1. The highest BCUT2D eigenvalue weighted by atomic mass is 79.9. The van der Waals surface area contributed by atoms with Gasteiger partial charge in [0.05, 0.1) is 16.2 Å². The molecule has 0 atom stereocenters. The van der Waals surface area contributed by atoms with E-state index in [0.29, 0.717) is 11.0 Å². The van der Waals surface area contributed by atoms with Gasteiger partial charge in [0.2, 0.25) is 0 Å². The van der Waals surface area contributed by atoms with Crippen LogP contribution in [0.1, 0.15) is 26.3 Å². The molecule has 2 aromatic rings. The van der Waals surface area contributed by atoms with Crippen LogP contribution >= 0.6 is 15.9 Å². The van der Waals surface area contributed by atoms with Crippen LogP contribution in [0.4, 0.5) is 10.1 Å². The van der Waals surface area contributed by atoms with E-state index >= 15 is 0 Å². The van der Waals surface area contributed by atoms with Crippen molar-refractivity contribution in [1.29, 1.82) is 0 Å². The molecule has 1 heterocycles. The quantitative estimate of drug-likeness (QED) is 0.918. The van der Waals surface area contributed by atoms with Crippen LogP contribution in [0.2, 0.25) is 0 Å². The molecule has 0 saturated carbocycles. The monoisotopic (exact) mass is 325 g/mol. The summed E-state index contributed by atoms with van der Waals surface area (Å²) in [6.07, 6.45) is 3.86. The second kappa shape index (κ2) is 5.33. The molecule has 102 valence electrons. The topological polar surface area (TPSA) is 29.9 Å². The van der Waals surface area contributed by atoms with Crippen molar-refractivity contribution in [2.24, 2.45) is 0 Å². The molecule has 1 aromatic heterocycles. The molecule has 2 rings (SSSR count). The summed E-state index contributed by atoms with van der Waals surface area (Å²) in [6.45, 7) is 6.98. The van der Waals surface area contributed by atoms with Gasteiger partial charge in [-0.05, 0) is 54.9 Å². The van der Waals surface area contributed by atoms with Crippen LogP contribution in [0.15, 0.2) is 35.1 Å². The molecule has 0 spiro atoms. The van der Waals surface area contributed by atoms with Crippen molar-refractivity contribution in [2.75, 3.05) is 5.32 Å². The highest BCUT2D eigenvalue weighted by Crippen LogP contribution is 2.20. The van der Waals surface area contributed by atoms with Crippen molar-refractivity contribution in [3.63, 3.8) is 0 Å². The SMILES string of the molecule is CC(C)(C)n1cc(CNc2ccc(F)c(Br)c2)cn1. The molecule has 0 bridgehead atoms. The lowest BCUT2D eigenvalue weighted by molar-refractivity contribution is 0.355. The van der Waals surface area contributed by atoms with Gasteiger partial charge in [-0.1, -0.05) is 0 Å². The molecule has 1 aromatic carbocycles. The normalized spacial score (nSPS) is 11.6. The van der Waals surface area contributed by atoms with Crippen molar-refractivity contribution < 1.29 is 4.39 Å². The number of nitrogens with zero attached hydrogens (tertiary/aromatic N) is 2. The lowest BCUT2D eigenvalue weighted by Crippen LogP contribution is -2.21. The van der Waals surface area contributed by atoms with Crippen LogP contribution in [0, 0.1) is 5.82 Å². The van der Waals surface area contributed by atoms with Crippen LogP contribution in [-0.2, 0) is 12.1 Å². The highest BCUT2D eigenvalue weighted by Gasteiger charge is 2.13. The third-order valence-electron chi connectivity index (χ3n) is 2.74. The van der Waals surface area contributed by atoms with Gasteiger partial charge in [0.1, 0.15) is 5.82 Å². The molecule has 19 heavy (non-hydrogen) atoms. The Morgan fingerprint density at radius 2 is 2.11 bits per heavy atom. The van der Waals surface area contributed by atoms with Crippen molar-refractivity contribution in [2.45, 2.75) is 32.9 Å². The van der Waals surface area contributed by atoms with Gasteiger partial charge in [-0.25, -0.2) is 4.39 Å². The first-order valence-electron chi connectivity index (χ1n) is 6.09. The van der Waals surface area contributed by atoms with Gasteiger partial charge in [0.25, 0.3) is 0 Å². The fourth-order valence-electron chi connectivity index (χ4n) is 1.63. The summed E-state index contributed by atoms with van der Waals surface area (Å²) in [7, 11) is 0. The smallest absolute Gasteiger partial charge is 0.137 e. The molecule has 0 radical (unpaired) electrons. The zero-order chi connectivity index (χ0) is 14.0. The maximum Gasteiger partial charge on any atom is 0.137 e. The van der Waals surface area contributed by atoms with E-state index in [1.54, 1.807) is 12.1 Å². The molecule has 0 saturated heterocycles. The number of aromatic nitrogens is 2. The Labute approximate surface area is 121 Å². The summed E-state index contributed by atoms with van der Waals surface area (Å²) in [5.74, 6) is -0.258. The lowest BCUT2D eigenvalue weighted by Gasteiger charge is -2.18. The van der Waals surface area contributed by atoms with Gasteiger partial charge in [0, 0.05) is 24.0 Å². The van der Waals surface area contributed by atoms with E-state index in [1.165, 1.54) is 6.07 Å². The minimum Gasteiger partial charge on any atom is -0.381 e. The van der Waals surface area contributed by atoms with Crippen LogP contribution in [0.5, 0.6) is 0 Å². The summed E-state index contributed by atoms with van der Waals surface area (Å²) in [5, 5.41) is 7.58. The number of anilines is 1. The summed E-state index contributed by atoms with van der Waals surface area (Å²) >= 11 is 3.17. The molecule has 0 aliphatic carbocycles. The number of rotatable bonds is 3. The Hall–Kier alpha value is -1.36. The van der Waals surface area contributed by atoms with Gasteiger partial charge in [0.15, 0.2) is 0 Å². The molecule has 0 aliphatic heterocycles. The number of halogens is 2. The lowest BCUT2D eigenvalue weighted by atomic mass is 10.1. The Kier molecular flexibility index (Phi) is 3.94. The molecule has 0 aliphatic rings. The maximum atomic E-state index is 13.1. The zero-order valence-electron chi connectivity index (χ0n) is 11.2. The zero-order valence-corrected chi connectivity index (χ0v) is 12.8. The standard InChI is InChI=1S/C14H17BrFN3/c1-14(2,3)19-9-10(8-18-19)7-17-11-4-5-13(16)12(15)6-11/h4-6,8-9,17H,7H2,1-3H3. The molecule has 3 nitrogen and oxygen atoms in total. The molecular weight excluding hydrogens is 309 g/mol. The summed E-state index contributed by atoms with van der Waals surface area (Å²) in [5.41, 5.74) is 1.95. The van der Waals surface area contributed by atoms with E-state index in [4.69, 9.17) is 0 Å². The largest absolute Gasteiger partial charge is 0.381 e. The molecule has 0 fully saturated rings. The summed E-state index contributed by atoms with van der Waals surface area (Å²) in [4.78, 5) is 0. The Balaban J connectivity index is 2.02. The summed E-state index contributed by atoms with van der Waals surface area (Å²) in [6, 6.07) is 4.88. The third kappa shape index (κ3) is 3.56. The van der Waals surface area contributed by atoms with E-state index in [9.17, 15) is 4.39 Å². The fraction of sp³-hybridized carbons (Fsp3) is 0.357. The van der Waals surface area contributed by atoms with Gasteiger partial charge in [-0.3, -0.25) is 4.68 Å². The summed E-state index contributed by atoms with van der Waals surface area (Å²) < 4.78 is 15.5. The first-order valence-corrected chi connectivity index (χ1v) is 6.88. The van der Waals surface area contributed by atoms with Gasteiger partial charge in [-0.15, -0.1) is 0 Å². The van der Waals surface area contributed by atoms with Crippen molar-refractivity contribution in [1.82, 2.24) is 9.78 Å². The van der Waals surface area contributed by atoms with E-state index < -0.39 is 0 Å². The average Bonchev–Trinajstić information content (AvgIpc) is 2.79. The second-order valence-corrected chi connectivity index (χ2v) is 6.30. The average molecular weight is 326 g/mol. The molecule has 5 heteroatoms. The van der Waals surface area contributed by atoms with Crippen LogP contribution in [0.3, 0.4) is 0 Å². The van der Waals surface area contributed by atoms with Crippen LogP contribution in [0.25, 0.3) is 0 Å². The third-order valence-corrected chi connectivity index (χ3v) is 3.35. The predicted molar refractivity (Wildman–Crippen MR) is 78.6 cm³/mol. The number of nitrogens with one attached hydrogen (secondary N) is 1. The molecule has 0 amide bonds. The van der Waals surface area contributed by atoms with Gasteiger partial charge >= 0.3 is 0 Å². The molecule has 1 N–H and O–H groups in total. The second-order valence-electron chi connectivity index (χ2n) is 5.45. The van der Waals surface area contributed by atoms with Gasteiger partial charge < -0.3 is 5.32 Å². The van der Waals surface area contributed by atoms with Crippen molar-refractivity contribution >= 4 is 21.6 Å². The van der Waals surface area contributed by atoms with E-state index in [2.05, 4.69) is 47.1 Å². The van der Waals surface area contributed by atoms with Crippen LogP contribution in [-0.4, -0.2) is 9.78 Å². The predicted octanol–water partition coefficient (Wildman–Crippen LogP) is 4.15. The molecule has 0 unspecified atom stereocenters. The van der Waals surface area contributed by atoms with Gasteiger partial charge in [-0.2, -0.15) is 5.10 Å². The van der Waals surface area contributed by atoms with Crippen molar-refractivity contribution in [3.8, 4) is 0 Å². The Bertz CT molecular complexity index is 572.